The van der Waals surface area contributed by atoms with Gasteiger partial charge in [0.2, 0.25) is 0 Å². The lowest BCUT2D eigenvalue weighted by molar-refractivity contribution is 0.513. The van der Waals surface area contributed by atoms with E-state index in [0.29, 0.717) is 0 Å². The number of fused-ring (bicyclic) bond motifs is 1. The molecule has 3 rings (SSSR count). The number of halogens is 2. The molecule has 6 heteroatoms. The molecule has 0 saturated carbocycles. The van der Waals surface area contributed by atoms with E-state index in [9.17, 15) is 4.79 Å². The van der Waals surface area contributed by atoms with Crippen molar-refractivity contribution in [2.24, 2.45) is 14.1 Å². The van der Waals surface area contributed by atoms with Gasteiger partial charge in [-0.15, -0.1) is 11.6 Å². The molecule has 0 bridgehead atoms. The Kier molecular flexibility index (Phi) is 3.50. The third kappa shape index (κ3) is 2.15. The van der Waals surface area contributed by atoms with E-state index in [1.807, 2.05) is 25.1 Å². The smallest absolute Gasteiger partial charge is 0.328 e. The van der Waals surface area contributed by atoms with Gasteiger partial charge in [-0.2, -0.15) is 0 Å². The predicted octanol–water partition coefficient (Wildman–Crippen LogP) is 3.87. The zero-order valence-electron chi connectivity index (χ0n) is 11.9. The van der Waals surface area contributed by atoms with Crippen LogP contribution < -0.4 is 5.69 Å². The Morgan fingerprint density at radius 2 is 1.86 bits per heavy atom. The van der Waals surface area contributed by atoms with Crippen LogP contribution in [0.15, 0.2) is 38.1 Å². The fraction of sp³-hybridized carbons (Fsp3) is 0.267. The van der Waals surface area contributed by atoms with Gasteiger partial charge in [0.15, 0.2) is 0 Å². The molecular formula is C15H14BrClN2O2. The summed E-state index contributed by atoms with van der Waals surface area (Å²) in [7, 11) is 3.51. The summed E-state index contributed by atoms with van der Waals surface area (Å²) in [6.45, 7) is 1.96. The molecule has 0 aliphatic carbocycles. The first-order chi connectivity index (χ1) is 9.91. The average molecular weight is 370 g/mol. The average Bonchev–Trinajstić information content (AvgIpc) is 2.97. The fourth-order valence-electron chi connectivity index (χ4n) is 2.52. The zero-order chi connectivity index (χ0) is 15.3. The van der Waals surface area contributed by atoms with E-state index >= 15 is 0 Å². The van der Waals surface area contributed by atoms with Gasteiger partial charge in [0.1, 0.15) is 11.1 Å². The maximum Gasteiger partial charge on any atom is 0.328 e. The molecule has 1 unspecified atom stereocenters. The molecule has 110 valence electrons. The third-order valence-corrected chi connectivity index (χ3v) is 4.92. The van der Waals surface area contributed by atoms with Crippen molar-refractivity contribution < 1.29 is 4.42 Å². The van der Waals surface area contributed by atoms with Gasteiger partial charge < -0.3 is 4.42 Å². The van der Waals surface area contributed by atoms with Crippen molar-refractivity contribution in [3.8, 4) is 0 Å². The largest absolute Gasteiger partial charge is 0.467 e. The minimum Gasteiger partial charge on any atom is -0.467 e. The minimum absolute atomic E-state index is 0.0608. The molecule has 0 saturated heterocycles. The Labute approximate surface area is 135 Å². The molecule has 1 atom stereocenters. The maximum absolute atomic E-state index is 12.0. The maximum atomic E-state index is 12.0. The molecule has 0 fully saturated rings. The Bertz CT molecular complexity index is 891. The first kappa shape index (κ1) is 14.5. The van der Waals surface area contributed by atoms with Crippen LogP contribution in [-0.2, 0) is 14.1 Å². The van der Waals surface area contributed by atoms with Crippen LogP contribution in [0.25, 0.3) is 11.0 Å². The summed E-state index contributed by atoms with van der Waals surface area (Å²) in [6, 6.07) is 5.73. The number of imidazole rings is 1. The summed E-state index contributed by atoms with van der Waals surface area (Å²) in [6.07, 6.45) is 1.63. The number of aryl methyl sites for hydroxylation is 3. The van der Waals surface area contributed by atoms with Crippen molar-refractivity contribution >= 4 is 38.6 Å². The normalized spacial score (nSPS) is 13.0. The SMILES string of the molecule is Cc1ccoc1C(Cl)c1cc2c(cc1Br)n(C)c(=O)n2C. The number of hydrogen-bond acceptors (Lipinski definition) is 2. The Morgan fingerprint density at radius 1 is 1.24 bits per heavy atom. The molecule has 0 aliphatic heterocycles. The molecule has 2 aromatic heterocycles. The highest BCUT2D eigenvalue weighted by atomic mass is 79.9. The molecule has 0 aliphatic rings. The zero-order valence-corrected chi connectivity index (χ0v) is 14.2. The number of hydrogen-bond donors (Lipinski definition) is 0. The lowest BCUT2D eigenvalue weighted by Crippen LogP contribution is -2.19. The van der Waals surface area contributed by atoms with Crippen LogP contribution in [0.3, 0.4) is 0 Å². The Hall–Kier alpha value is -1.46. The van der Waals surface area contributed by atoms with Crippen LogP contribution in [0, 0.1) is 6.92 Å². The van der Waals surface area contributed by atoms with Crippen LogP contribution in [0.5, 0.6) is 0 Å². The summed E-state index contributed by atoms with van der Waals surface area (Å²) in [5, 5.41) is -0.408. The monoisotopic (exact) mass is 368 g/mol. The molecule has 0 spiro atoms. The molecule has 1 aromatic carbocycles. The van der Waals surface area contributed by atoms with Gasteiger partial charge in [0, 0.05) is 18.6 Å². The van der Waals surface area contributed by atoms with Crippen LogP contribution in [0.1, 0.15) is 22.3 Å². The second-order valence-corrected chi connectivity index (χ2v) is 6.38. The van der Waals surface area contributed by atoms with Crippen molar-refractivity contribution in [2.45, 2.75) is 12.3 Å². The molecule has 0 radical (unpaired) electrons. The van der Waals surface area contributed by atoms with E-state index in [-0.39, 0.29) is 5.69 Å². The van der Waals surface area contributed by atoms with Gasteiger partial charge in [0.25, 0.3) is 0 Å². The van der Waals surface area contributed by atoms with Gasteiger partial charge >= 0.3 is 5.69 Å². The number of benzene rings is 1. The molecule has 2 heterocycles. The van der Waals surface area contributed by atoms with Gasteiger partial charge in [-0.05, 0) is 36.2 Å². The van der Waals surface area contributed by atoms with Gasteiger partial charge in [0.05, 0.1) is 17.3 Å². The molecular weight excluding hydrogens is 356 g/mol. The van der Waals surface area contributed by atoms with Crippen molar-refractivity contribution in [3.63, 3.8) is 0 Å². The van der Waals surface area contributed by atoms with Crippen LogP contribution in [0.4, 0.5) is 0 Å². The molecule has 4 nitrogen and oxygen atoms in total. The number of nitrogens with zero attached hydrogens (tertiary/aromatic N) is 2. The first-order valence-corrected chi connectivity index (χ1v) is 7.67. The summed E-state index contributed by atoms with van der Waals surface area (Å²) in [5.41, 5.74) is 3.52. The van der Waals surface area contributed by atoms with E-state index in [4.69, 9.17) is 16.0 Å². The number of aromatic nitrogens is 2. The first-order valence-electron chi connectivity index (χ1n) is 6.44. The highest BCUT2D eigenvalue weighted by Crippen LogP contribution is 2.37. The number of rotatable bonds is 2. The van der Waals surface area contributed by atoms with Gasteiger partial charge in [-0.3, -0.25) is 9.13 Å². The van der Waals surface area contributed by atoms with Crippen LogP contribution in [0.2, 0.25) is 0 Å². The quantitative estimate of drug-likeness (QED) is 0.643. The summed E-state index contributed by atoms with van der Waals surface area (Å²) >= 11 is 10.1. The van der Waals surface area contributed by atoms with Crippen molar-refractivity contribution in [1.82, 2.24) is 9.13 Å². The van der Waals surface area contributed by atoms with E-state index in [2.05, 4.69) is 15.9 Å². The predicted molar refractivity (Wildman–Crippen MR) is 87.0 cm³/mol. The van der Waals surface area contributed by atoms with E-state index in [1.165, 1.54) is 0 Å². The molecule has 3 aromatic rings. The number of furan rings is 1. The molecule has 0 amide bonds. The lowest BCUT2D eigenvalue weighted by atomic mass is 10.1. The molecule has 0 N–H and O–H groups in total. The number of alkyl halides is 1. The Balaban J connectivity index is 2.24. The van der Waals surface area contributed by atoms with Gasteiger partial charge in [-0.25, -0.2) is 4.79 Å². The topological polar surface area (TPSA) is 40.1 Å². The van der Waals surface area contributed by atoms with E-state index < -0.39 is 5.38 Å². The highest BCUT2D eigenvalue weighted by Gasteiger charge is 2.21. The summed E-state index contributed by atoms with van der Waals surface area (Å²) in [5.74, 6) is 0.720. The second-order valence-electron chi connectivity index (χ2n) is 5.09. The van der Waals surface area contributed by atoms with Crippen LogP contribution in [-0.4, -0.2) is 9.13 Å². The van der Waals surface area contributed by atoms with E-state index in [1.54, 1.807) is 29.5 Å². The minimum atomic E-state index is -0.408. The van der Waals surface area contributed by atoms with Crippen molar-refractivity contribution in [2.75, 3.05) is 0 Å². The van der Waals surface area contributed by atoms with Crippen LogP contribution >= 0.6 is 27.5 Å². The summed E-state index contributed by atoms with van der Waals surface area (Å²) < 4.78 is 9.57. The van der Waals surface area contributed by atoms with Crippen molar-refractivity contribution in [1.29, 1.82) is 0 Å². The fourth-order valence-corrected chi connectivity index (χ4v) is 3.61. The van der Waals surface area contributed by atoms with Crippen molar-refractivity contribution in [3.05, 3.63) is 56.3 Å². The lowest BCUT2D eigenvalue weighted by Gasteiger charge is -2.11. The standard InChI is InChI=1S/C15H14BrClN2O2/c1-8-4-5-21-14(8)13(17)9-6-11-12(7-10(9)16)19(3)15(20)18(11)2/h4-7,13H,1-3H3. The second kappa shape index (κ2) is 5.07. The van der Waals surface area contributed by atoms with E-state index in [0.717, 1.165) is 32.4 Å². The van der Waals surface area contributed by atoms with Gasteiger partial charge in [-0.1, -0.05) is 15.9 Å². The highest BCUT2D eigenvalue weighted by molar-refractivity contribution is 9.10. The Morgan fingerprint density at radius 3 is 2.43 bits per heavy atom. The molecule has 21 heavy (non-hydrogen) atoms. The third-order valence-electron chi connectivity index (χ3n) is 3.80. The summed E-state index contributed by atoms with van der Waals surface area (Å²) in [4.78, 5) is 12.0.